The second-order valence-electron chi connectivity index (χ2n) is 6.56. The predicted molar refractivity (Wildman–Crippen MR) is 118 cm³/mol. The highest BCUT2D eigenvalue weighted by Gasteiger charge is 2.14. The maximum atomic E-state index is 11.6. The molecule has 0 bridgehead atoms. The van der Waals surface area contributed by atoms with Crippen LogP contribution in [0.15, 0.2) is 65.1 Å². The van der Waals surface area contributed by atoms with Gasteiger partial charge in [0.1, 0.15) is 17.3 Å². The lowest BCUT2D eigenvalue weighted by molar-refractivity contribution is 0.0600. The molecule has 2 heterocycles. The molecule has 0 saturated carbocycles. The van der Waals surface area contributed by atoms with E-state index >= 15 is 0 Å². The summed E-state index contributed by atoms with van der Waals surface area (Å²) < 4.78 is 18.2. The Labute approximate surface area is 183 Å². The van der Waals surface area contributed by atoms with E-state index in [1.807, 2.05) is 48.5 Å². The summed E-state index contributed by atoms with van der Waals surface area (Å²) in [6.45, 7) is 0.385. The van der Waals surface area contributed by atoms with Gasteiger partial charge in [-0.15, -0.1) is 0 Å². The van der Waals surface area contributed by atoms with Crippen molar-refractivity contribution in [3.8, 4) is 28.5 Å². The highest BCUT2D eigenvalue weighted by molar-refractivity contribution is 7.71. The number of benzene rings is 2. The van der Waals surface area contributed by atoms with E-state index in [4.69, 9.17) is 26.1 Å². The molecule has 0 radical (unpaired) electrons. The first-order valence-corrected chi connectivity index (χ1v) is 9.83. The molecule has 0 fully saturated rings. The molecule has 2 N–H and O–H groups in total. The van der Waals surface area contributed by atoms with Gasteiger partial charge in [0.15, 0.2) is 5.82 Å². The molecule has 0 saturated heterocycles. The van der Waals surface area contributed by atoms with Crippen molar-refractivity contribution < 1.29 is 18.7 Å². The van der Waals surface area contributed by atoms with E-state index in [1.54, 1.807) is 23.9 Å². The van der Waals surface area contributed by atoms with E-state index in [-0.39, 0.29) is 5.97 Å². The third-order valence-corrected chi connectivity index (χ3v) is 4.96. The Hall–Kier alpha value is -3.85. The first-order valence-electron chi connectivity index (χ1n) is 9.43. The van der Waals surface area contributed by atoms with E-state index < -0.39 is 0 Å². The fourth-order valence-corrected chi connectivity index (χ4v) is 3.32. The van der Waals surface area contributed by atoms with Crippen LogP contribution in [-0.4, -0.2) is 35.1 Å². The Bertz CT molecular complexity index is 1260. The highest BCUT2D eigenvalue weighted by atomic mass is 32.1. The molecular weight excluding hydrogens is 416 g/mol. The second kappa shape index (κ2) is 8.88. The van der Waals surface area contributed by atoms with Crippen molar-refractivity contribution in [2.45, 2.75) is 6.54 Å². The fourth-order valence-electron chi connectivity index (χ4n) is 3.13. The molecular formula is C22H20N4O4S. The van der Waals surface area contributed by atoms with Crippen LogP contribution >= 0.6 is 12.2 Å². The number of aromatic amines is 1. The second-order valence-corrected chi connectivity index (χ2v) is 6.94. The Morgan fingerprint density at radius 3 is 2.65 bits per heavy atom. The number of furan rings is 1. The van der Waals surface area contributed by atoms with Crippen molar-refractivity contribution in [2.75, 3.05) is 19.6 Å². The summed E-state index contributed by atoms with van der Waals surface area (Å²) in [6, 6.07) is 18.4. The Balaban J connectivity index is 1.52. The zero-order valence-corrected chi connectivity index (χ0v) is 17.7. The number of H-pyrrole nitrogens is 1. The third-order valence-electron chi connectivity index (χ3n) is 4.68. The molecule has 0 amide bonds. The average molecular weight is 436 g/mol. The molecule has 0 aliphatic carbocycles. The lowest BCUT2D eigenvalue weighted by Gasteiger charge is -2.11. The van der Waals surface area contributed by atoms with Crippen LogP contribution in [0.4, 0.5) is 0 Å². The molecule has 0 aliphatic heterocycles. The van der Waals surface area contributed by atoms with Crippen LogP contribution in [0.1, 0.15) is 16.1 Å². The number of hydrogen-bond acceptors (Lipinski definition) is 7. The first kappa shape index (κ1) is 20.4. The third kappa shape index (κ3) is 4.22. The number of aromatic nitrogens is 3. The van der Waals surface area contributed by atoms with E-state index in [0.717, 1.165) is 11.1 Å². The number of hydrogen-bond donors (Lipinski definition) is 2. The molecule has 31 heavy (non-hydrogen) atoms. The number of nitrogens with one attached hydrogen (secondary N) is 2. The summed E-state index contributed by atoms with van der Waals surface area (Å²) in [7, 11) is 2.97. The lowest BCUT2D eigenvalue weighted by Crippen LogP contribution is -2.15. The average Bonchev–Trinajstić information content (AvgIpc) is 3.43. The predicted octanol–water partition coefficient (Wildman–Crippen LogP) is 4.41. The number of nitrogens with zero attached hydrogens (tertiary/aromatic N) is 2. The van der Waals surface area contributed by atoms with Gasteiger partial charge in [-0.1, -0.05) is 24.3 Å². The first-order chi connectivity index (χ1) is 15.1. The maximum absolute atomic E-state index is 11.6. The van der Waals surface area contributed by atoms with E-state index in [9.17, 15) is 4.79 Å². The van der Waals surface area contributed by atoms with Gasteiger partial charge in [0.2, 0.25) is 4.77 Å². The van der Waals surface area contributed by atoms with Gasteiger partial charge >= 0.3 is 5.97 Å². The topological polar surface area (TPSA) is 94.3 Å². The normalized spacial score (nSPS) is 10.6. The summed E-state index contributed by atoms with van der Waals surface area (Å²) in [5.74, 6) is 2.32. The van der Waals surface area contributed by atoms with Crippen LogP contribution in [-0.2, 0) is 11.3 Å². The van der Waals surface area contributed by atoms with Gasteiger partial charge in [0.25, 0.3) is 0 Å². The zero-order chi connectivity index (χ0) is 21.8. The largest absolute Gasteiger partial charge is 0.496 e. The van der Waals surface area contributed by atoms with Gasteiger partial charge in [-0.2, -0.15) is 5.10 Å². The number of para-hydroxylation sites is 1. The lowest BCUT2D eigenvalue weighted by atomic mass is 10.1. The van der Waals surface area contributed by atoms with Crippen LogP contribution in [0.5, 0.6) is 5.75 Å². The number of carbonyl (C=O) groups excluding carboxylic acids is 1. The van der Waals surface area contributed by atoms with Crippen molar-refractivity contribution in [1.29, 1.82) is 0 Å². The molecule has 9 heteroatoms. The number of methoxy groups -OCH3 is 2. The van der Waals surface area contributed by atoms with Gasteiger partial charge in [-0.05, 0) is 48.6 Å². The van der Waals surface area contributed by atoms with Crippen molar-refractivity contribution in [3.05, 3.63) is 76.8 Å². The summed E-state index contributed by atoms with van der Waals surface area (Å²) in [4.78, 5) is 11.6. The summed E-state index contributed by atoms with van der Waals surface area (Å²) in [5.41, 5.74) is 5.37. The van der Waals surface area contributed by atoms with E-state index in [2.05, 4.69) is 15.6 Å². The fraction of sp³-hybridized carbons (Fsp3) is 0.136. The Morgan fingerprint density at radius 1 is 1.13 bits per heavy atom. The van der Waals surface area contributed by atoms with Crippen LogP contribution in [0.3, 0.4) is 0 Å². The smallest absolute Gasteiger partial charge is 0.337 e. The van der Waals surface area contributed by atoms with Crippen molar-refractivity contribution in [3.63, 3.8) is 0 Å². The molecule has 0 aliphatic rings. The number of carbonyl (C=O) groups is 1. The quantitative estimate of drug-likeness (QED) is 0.327. The van der Waals surface area contributed by atoms with Crippen molar-refractivity contribution >= 4 is 18.2 Å². The van der Waals surface area contributed by atoms with Crippen LogP contribution in [0, 0.1) is 4.77 Å². The monoisotopic (exact) mass is 436 g/mol. The van der Waals surface area contributed by atoms with E-state index in [1.165, 1.54) is 7.11 Å². The Morgan fingerprint density at radius 2 is 1.90 bits per heavy atom. The number of esters is 1. The molecule has 0 unspecified atom stereocenters. The number of rotatable bonds is 7. The molecule has 0 spiro atoms. The molecule has 4 aromatic rings. The summed E-state index contributed by atoms with van der Waals surface area (Å²) >= 11 is 5.37. The Kier molecular flexibility index (Phi) is 5.85. The van der Waals surface area contributed by atoms with E-state index in [0.29, 0.717) is 40.0 Å². The van der Waals surface area contributed by atoms with Gasteiger partial charge in [0, 0.05) is 5.56 Å². The van der Waals surface area contributed by atoms with Crippen molar-refractivity contribution in [2.24, 2.45) is 0 Å². The van der Waals surface area contributed by atoms with Gasteiger partial charge in [-0.3, -0.25) is 0 Å². The number of ether oxygens (including phenoxy) is 2. The molecule has 0 atom stereocenters. The summed E-state index contributed by atoms with van der Waals surface area (Å²) in [6.07, 6.45) is 0. The SMILES string of the molecule is COC(=O)c1ccc(-c2ccc(CNn3c(-c4ccccc4OC)n[nH]c3=S)o2)cc1. The minimum atomic E-state index is -0.376. The minimum Gasteiger partial charge on any atom is -0.496 e. The van der Waals surface area contributed by atoms with Crippen LogP contribution in [0.2, 0.25) is 0 Å². The standard InChI is InChI=1S/C22H20N4O4S/c1-28-19-6-4-3-5-17(19)20-24-25-22(31)26(20)23-13-16-11-12-18(30-16)14-7-9-15(10-8-14)21(27)29-2/h3-12,23H,13H2,1-2H3,(H,25,31). The minimum absolute atomic E-state index is 0.376. The van der Waals surface area contributed by atoms with Gasteiger partial charge in [-0.25, -0.2) is 14.6 Å². The molecule has 158 valence electrons. The highest BCUT2D eigenvalue weighted by Crippen LogP contribution is 2.28. The molecule has 2 aromatic carbocycles. The van der Waals surface area contributed by atoms with Crippen LogP contribution in [0.25, 0.3) is 22.7 Å². The molecule has 8 nitrogen and oxygen atoms in total. The van der Waals surface area contributed by atoms with Gasteiger partial charge in [0.05, 0.1) is 31.9 Å². The van der Waals surface area contributed by atoms with Crippen molar-refractivity contribution in [1.82, 2.24) is 14.9 Å². The molecule has 4 rings (SSSR count). The van der Waals surface area contributed by atoms with Gasteiger partial charge < -0.3 is 19.3 Å². The zero-order valence-electron chi connectivity index (χ0n) is 16.9. The maximum Gasteiger partial charge on any atom is 0.337 e. The molecule has 2 aromatic heterocycles. The summed E-state index contributed by atoms with van der Waals surface area (Å²) in [5, 5.41) is 7.13. The van der Waals surface area contributed by atoms with Crippen LogP contribution < -0.4 is 10.2 Å².